The molecule has 2 aromatic rings. The Balaban J connectivity index is 1.57. The molecule has 26 heavy (non-hydrogen) atoms. The molecular weight excluding hydrogens is 326 g/mol. The number of hydrogen-bond donors (Lipinski definition) is 1. The summed E-state index contributed by atoms with van der Waals surface area (Å²) in [4.78, 5) is 30.6. The number of nitrogens with zero attached hydrogens (tertiary/aromatic N) is 2. The van der Waals surface area contributed by atoms with Gasteiger partial charge in [-0.05, 0) is 41.7 Å². The van der Waals surface area contributed by atoms with Crippen LogP contribution in [0.1, 0.15) is 37.3 Å². The minimum absolute atomic E-state index is 0.0123. The van der Waals surface area contributed by atoms with E-state index in [2.05, 4.69) is 30.2 Å². The van der Waals surface area contributed by atoms with Crippen LogP contribution in [0.5, 0.6) is 0 Å². The zero-order valence-corrected chi connectivity index (χ0v) is 15.3. The summed E-state index contributed by atoms with van der Waals surface area (Å²) >= 11 is 0. The fourth-order valence-electron chi connectivity index (χ4n) is 3.20. The summed E-state index contributed by atoms with van der Waals surface area (Å²) in [6.07, 6.45) is 4.54. The first-order valence-corrected chi connectivity index (χ1v) is 9.11. The summed E-state index contributed by atoms with van der Waals surface area (Å²) in [6, 6.07) is 11.9. The lowest BCUT2D eigenvalue weighted by atomic mass is 10.0. The number of carbonyl (C=O) groups is 2. The van der Waals surface area contributed by atoms with Gasteiger partial charge in [-0.15, -0.1) is 0 Å². The van der Waals surface area contributed by atoms with Gasteiger partial charge in [0.15, 0.2) is 0 Å². The van der Waals surface area contributed by atoms with E-state index in [9.17, 15) is 9.59 Å². The van der Waals surface area contributed by atoms with Gasteiger partial charge in [-0.3, -0.25) is 14.6 Å². The molecule has 0 aliphatic carbocycles. The molecule has 1 unspecified atom stereocenters. The molecule has 1 aromatic carbocycles. The third-order valence-corrected chi connectivity index (χ3v) is 4.78. The molecule has 0 bridgehead atoms. The zero-order chi connectivity index (χ0) is 18.5. The number of nitrogens with one attached hydrogen (secondary N) is 1. The molecule has 1 saturated heterocycles. The maximum absolute atomic E-state index is 12.4. The number of carbonyl (C=O) groups excluding carboxylic acids is 2. The summed E-state index contributed by atoms with van der Waals surface area (Å²) in [6.45, 7) is 5.25. The first-order valence-electron chi connectivity index (χ1n) is 9.11. The predicted octanol–water partition coefficient (Wildman–Crippen LogP) is 2.92. The molecule has 0 radical (unpaired) electrons. The highest BCUT2D eigenvalue weighted by molar-refractivity contribution is 6.00. The molecule has 5 nitrogen and oxygen atoms in total. The lowest BCUT2D eigenvalue weighted by molar-refractivity contribution is -0.126. The van der Waals surface area contributed by atoms with Crippen molar-refractivity contribution >= 4 is 17.5 Å². The van der Waals surface area contributed by atoms with Crippen LogP contribution in [-0.2, 0) is 16.0 Å². The normalized spacial score (nSPS) is 17.0. The summed E-state index contributed by atoms with van der Waals surface area (Å²) in [5, 5.41) is 2.95. The molecule has 5 heteroatoms. The molecule has 3 rings (SSSR count). The minimum atomic E-state index is -0.292. The smallest absolute Gasteiger partial charge is 0.227 e. The monoisotopic (exact) mass is 351 g/mol. The molecule has 1 fully saturated rings. The molecule has 0 saturated carbocycles. The van der Waals surface area contributed by atoms with Crippen molar-refractivity contribution in [2.45, 2.75) is 32.6 Å². The Kier molecular flexibility index (Phi) is 5.66. The quantitative estimate of drug-likeness (QED) is 0.870. The number of hydrogen-bond acceptors (Lipinski definition) is 3. The highest BCUT2D eigenvalue weighted by atomic mass is 16.2. The molecule has 1 aromatic heterocycles. The zero-order valence-electron chi connectivity index (χ0n) is 15.3. The Labute approximate surface area is 154 Å². The summed E-state index contributed by atoms with van der Waals surface area (Å²) in [5.41, 5.74) is 3.16. The first kappa shape index (κ1) is 18.1. The van der Waals surface area contributed by atoms with Gasteiger partial charge in [0.1, 0.15) is 0 Å². The van der Waals surface area contributed by atoms with Crippen molar-refractivity contribution in [3.63, 3.8) is 0 Å². The molecule has 136 valence electrons. The average molecular weight is 351 g/mol. The maximum atomic E-state index is 12.4. The average Bonchev–Trinajstić information content (AvgIpc) is 3.04. The first-order chi connectivity index (χ1) is 12.5. The van der Waals surface area contributed by atoms with E-state index < -0.39 is 0 Å². The topological polar surface area (TPSA) is 62.3 Å². The second kappa shape index (κ2) is 8.13. The maximum Gasteiger partial charge on any atom is 0.227 e. The van der Waals surface area contributed by atoms with Gasteiger partial charge in [0, 0.05) is 37.6 Å². The number of benzene rings is 1. The summed E-state index contributed by atoms with van der Waals surface area (Å²) in [5.74, 6) is 0.0707. The van der Waals surface area contributed by atoms with Crippen molar-refractivity contribution in [2.24, 2.45) is 5.92 Å². The van der Waals surface area contributed by atoms with E-state index in [0.29, 0.717) is 19.0 Å². The standard InChI is InChI=1S/C21H25N3O2/c1-15(2)17-6-3-7-19(11-17)24-14-18(12-20(24)25)21(26)23-10-8-16-5-4-9-22-13-16/h3-7,9,11,13,15,18H,8,10,12,14H2,1-2H3,(H,23,26). The van der Waals surface area contributed by atoms with Gasteiger partial charge in [0.2, 0.25) is 11.8 Å². The van der Waals surface area contributed by atoms with Gasteiger partial charge in [0.25, 0.3) is 0 Å². The van der Waals surface area contributed by atoms with Crippen LogP contribution in [0.25, 0.3) is 0 Å². The van der Waals surface area contributed by atoms with Crippen LogP contribution in [0.15, 0.2) is 48.8 Å². The second-order valence-corrected chi connectivity index (χ2v) is 7.06. The van der Waals surface area contributed by atoms with Gasteiger partial charge in [-0.2, -0.15) is 0 Å². The van der Waals surface area contributed by atoms with Crippen molar-refractivity contribution in [3.05, 3.63) is 59.9 Å². The lowest BCUT2D eigenvalue weighted by Gasteiger charge is -2.18. The summed E-state index contributed by atoms with van der Waals surface area (Å²) in [7, 11) is 0. The van der Waals surface area contributed by atoms with E-state index in [0.717, 1.165) is 17.7 Å². The highest BCUT2D eigenvalue weighted by Crippen LogP contribution is 2.27. The SMILES string of the molecule is CC(C)c1cccc(N2CC(C(=O)NCCc3cccnc3)CC2=O)c1. The van der Waals surface area contributed by atoms with Gasteiger partial charge in [-0.25, -0.2) is 0 Å². The van der Waals surface area contributed by atoms with Crippen LogP contribution >= 0.6 is 0 Å². The van der Waals surface area contributed by atoms with Gasteiger partial charge in [-0.1, -0.05) is 32.0 Å². The lowest BCUT2D eigenvalue weighted by Crippen LogP contribution is -2.34. The summed E-state index contributed by atoms with van der Waals surface area (Å²) < 4.78 is 0. The Hall–Kier alpha value is -2.69. The molecular formula is C21H25N3O2. The van der Waals surface area contributed by atoms with Crippen LogP contribution in [0.4, 0.5) is 5.69 Å². The fraction of sp³-hybridized carbons (Fsp3) is 0.381. The van der Waals surface area contributed by atoms with Crippen LogP contribution in [-0.4, -0.2) is 29.9 Å². The number of anilines is 1. The predicted molar refractivity (Wildman–Crippen MR) is 102 cm³/mol. The van der Waals surface area contributed by atoms with E-state index in [1.54, 1.807) is 17.3 Å². The Bertz CT molecular complexity index is 774. The minimum Gasteiger partial charge on any atom is -0.355 e. The Morgan fingerprint density at radius 2 is 2.15 bits per heavy atom. The fourth-order valence-corrected chi connectivity index (χ4v) is 3.20. The molecule has 0 spiro atoms. The largest absolute Gasteiger partial charge is 0.355 e. The number of aromatic nitrogens is 1. The van der Waals surface area contributed by atoms with Gasteiger partial charge < -0.3 is 10.2 Å². The van der Waals surface area contributed by atoms with Gasteiger partial charge in [0.05, 0.1) is 5.92 Å². The van der Waals surface area contributed by atoms with Crippen LogP contribution in [0.2, 0.25) is 0 Å². The van der Waals surface area contributed by atoms with Crippen LogP contribution < -0.4 is 10.2 Å². The van der Waals surface area contributed by atoms with Crippen molar-refractivity contribution < 1.29 is 9.59 Å². The van der Waals surface area contributed by atoms with Crippen molar-refractivity contribution in [2.75, 3.05) is 18.0 Å². The van der Waals surface area contributed by atoms with Crippen molar-refractivity contribution in [1.82, 2.24) is 10.3 Å². The molecule has 1 atom stereocenters. The third-order valence-electron chi connectivity index (χ3n) is 4.78. The van der Waals surface area contributed by atoms with E-state index in [-0.39, 0.29) is 24.2 Å². The number of rotatable bonds is 6. The second-order valence-electron chi connectivity index (χ2n) is 7.06. The highest BCUT2D eigenvalue weighted by Gasteiger charge is 2.35. The van der Waals surface area contributed by atoms with E-state index in [1.165, 1.54) is 5.56 Å². The Morgan fingerprint density at radius 3 is 2.88 bits per heavy atom. The van der Waals surface area contributed by atoms with E-state index in [4.69, 9.17) is 0 Å². The van der Waals surface area contributed by atoms with Gasteiger partial charge >= 0.3 is 0 Å². The molecule has 1 aliphatic heterocycles. The third kappa shape index (κ3) is 4.28. The molecule has 1 N–H and O–H groups in total. The molecule has 1 aliphatic rings. The molecule has 2 heterocycles. The van der Waals surface area contributed by atoms with Crippen LogP contribution in [0, 0.1) is 5.92 Å². The van der Waals surface area contributed by atoms with E-state index in [1.807, 2.05) is 30.3 Å². The molecule has 2 amide bonds. The van der Waals surface area contributed by atoms with Crippen molar-refractivity contribution in [1.29, 1.82) is 0 Å². The number of pyridine rings is 1. The Morgan fingerprint density at radius 1 is 1.31 bits per heavy atom. The van der Waals surface area contributed by atoms with E-state index >= 15 is 0 Å². The number of amides is 2. The van der Waals surface area contributed by atoms with Crippen molar-refractivity contribution in [3.8, 4) is 0 Å². The van der Waals surface area contributed by atoms with Crippen LogP contribution in [0.3, 0.4) is 0 Å².